The summed E-state index contributed by atoms with van der Waals surface area (Å²) in [5.41, 5.74) is 5.98. The summed E-state index contributed by atoms with van der Waals surface area (Å²) in [4.78, 5) is 2.70. The molecule has 0 saturated carbocycles. The fraction of sp³-hybridized carbons (Fsp3) is 0.333. The van der Waals surface area contributed by atoms with Crippen LogP contribution in [0.5, 0.6) is 0 Å². The number of hydrazine groups is 1. The molecule has 1 heterocycles. The molecule has 3 rings (SSSR count). The van der Waals surface area contributed by atoms with Crippen LogP contribution in [0.15, 0.2) is 36.4 Å². The van der Waals surface area contributed by atoms with Crippen LogP contribution in [-0.4, -0.2) is 0 Å². The predicted octanol–water partition coefficient (Wildman–Crippen LogP) is 2.98. The Morgan fingerprint density at radius 3 is 2.33 bits per heavy atom. The monoisotopic (exact) mass is 258 g/mol. The average molecular weight is 258 g/mol. The Bertz CT molecular complexity index is 522. The highest BCUT2D eigenvalue weighted by Crippen LogP contribution is 2.37. The van der Waals surface area contributed by atoms with Crippen LogP contribution in [0.4, 0.5) is 0 Å². The van der Waals surface area contributed by atoms with Gasteiger partial charge in [0.15, 0.2) is 0 Å². The normalized spacial score (nSPS) is 16.8. The van der Waals surface area contributed by atoms with Crippen molar-refractivity contribution in [1.82, 2.24) is 5.43 Å². The molecule has 0 radical (unpaired) electrons. The first kappa shape index (κ1) is 11.9. The van der Waals surface area contributed by atoms with Crippen molar-refractivity contribution >= 4 is 11.3 Å². The largest absolute Gasteiger partial charge is 0.271 e. The smallest absolute Gasteiger partial charge is 0.0587 e. The van der Waals surface area contributed by atoms with Gasteiger partial charge in [-0.25, -0.2) is 0 Å². The van der Waals surface area contributed by atoms with E-state index in [1.165, 1.54) is 20.9 Å². The van der Waals surface area contributed by atoms with Gasteiger partial charge in [-0.2, -0.15) is 0 Å². The van der Waals surface area contributed by atoms with Crippen molar-refractivity contribution in [1.29, 1.82) is 0 Å². The van der Waals surface area contributed by atoms with Crippen LogP contribution in [0.2, 0.25) is 0 Å². The van der Waals surface area contributed by atoms with Crippen molar-refractivity contribution in [3.63, 3.8) is 0 Å². The predicted molar refractivity (Wildman–Crippen MR) is 76.5 cm³/mol. The van der Waals surface area contributed by atoms with E-state index < -0.39 is 0 Å². The van der Waals surface area contributed by atoms with E-state index in [0.717, 1.165) is 12.8 Å². The SMILES string of the molecule is Cc1ccc(C(NN)C2Cc3ccccc3C2)s1. The number of hydrogen-bond donors (Lipinski definition) is 2. The third kappa shape index (κ3) is 2.09. The van der Waals surface area contributed by atoms with Gasteiger partial charge in [0.1, 0.15) is 0 Å². The molecule has 0 amide bonds. The van der Waals surface area contributed by atoms with E-state index in [9.17, 15) is 0 Å². The van der Waals surface area contributed by atoms with Gasteiger partial charge >= 0.3 is 0 Å². The second-order valence-corrected chi connectivity index (χ2v) is 6.35. The zero-order chi connectivity index (χ0) is 12.5. The van der Waals surface area contributed by atoms with Crippen molar-refractivity contribution in [2.75, 3.05) is 0 Å². The van der Waals surface area contributed by atoms with Gasteiger partial charge in [-0.1, -0.05) is 24.3 Å². The quantitative estimate of drug-likeness (QED) is 0.656. The first-order valence-corrected chi connectivity index (χ1v) is 7.19. The fourth-order valence-electron chi connectivity index (χ4n) is 2.90. The van der Waals surface area contributed by atoms with E-state index in [0.29, 0.717) is 5.92 Å². The Hall–Kier alpha value is -1.16. The molecule has 1 aromatic carbocycles. The Morgan fingerprint density at radius 1 is 1.17 bits per heavy atom. The summed E-state index contributed by atoms with van der Waals surface area (Å²) in [7, 11) is 0. The van der Waals surface area contributed by atoms with Gasteiger partial charge in [-0.15, -0.1) is 11.3 Å². The third-order valence-electron chi connectivity index (χ3n) is 3.80. The molecule has 2 aromatic rings. The summed E-state index contributed by atoms with van der Waals surface area (Å²) in [6.45, 7) is 2.14. The average Bonchev–Trinajstić information content (AvgIpc) is 2.96. The summed E-state index contributed by atoms with van der Waals surface area (Å²) in [5, 5.41) is 0. The number of thiophene rings is 1. The van der Waals surface area contributed by atoms with Crippen LogP contribution in [-0.2, 0) is 12.8 Å². The number of hydrogen-bond acceptors (Lipinski definition) is 3. The summed E-state index contributed by atoms with van der Waals surface area (Å²) in [5.74, 6) is 6.36. The number of fused-ring (bicyclic) bond motifs is 1. The summed E-state index contributed by atoms with van der Waals surface area (Å²) < 4.78 is 0. The highest BCUT2D eigenvalue weighted by atomic mass is 32.1. The fourth-order valence-corrected chi connectivity index (χ4v) is 3.93. The molecule has 94 valence electrons. The Kier molecular flexibility index (Phi) is 3.20. The minimum absolute atomic E-state index is 0.274. The highest BCUT2D eigenvalue weighted by molar-refractivity contribution is 7.12. The van der Waals surface area contributed by atoms with E-state index >= 15 is 0 Å². The summed E-state index contributed by atoms with van der Waals surface area (Å²) >= 11 is 1.84. The van der Waals surface area contributed by atoms with Crippen molar-refractivity contribution < 1.29 is 0 Å². The van der Waals surface area contributed by atoms with Gasteiger partial charge in [-0.3, -0.25) is 11.3 Å². The van der Waals surface area contributed by atoms with Crippen LogP contribution < -0.4 is 11.3 Å². The van der Waals surface area contributed by atoms with Gasteiger partial charge in [0, 0.05) is 9.75 Å². The van der Waals surface area contributed by atoms with Gasteiger partial charge < -0.3 is 0 Å². The molecule has 3 heteroatoms. The van der Waals surface area contributed by atoms with E-state index in [4.69, 9.17) is 5.84 Å². The molecule has 0 fully saturated rings. The minimum Gasteiger partial charge on any atom is -0.271 e. The van der Waals surface area contributed by atoms with Crippen molar-refractivity contribution in [2.45, 2.75) is 25.8 Å². The minimum atomic E-state index is 0.274. The van der Waals surface area contributed by atoms with E-state index in [-0.39, 0.29) is 6.04 Å². The molecule has 1 aliphatic carbocycles. The van der Waals surface area contributed by atoms with Gasteiger partial charge in [0.25, 0.3) is 0 Å². The molecule has 1 aliphatic rings. The standard InChI is InChI=1S/C15H18N2S/c1-10-6-7-14(18-10)15(17-16)13-8-11-4-2-3-5-12(11)9-13/h2-7,13,15,17H,8-9,16H2,1H3. The topological polar surface area (TPSA) is 38.0 Å². The number of aryl methyl sites for hydroxylation is 1. The second kappa shape index (κ2) is 4.84. The lowest BCUT2D eigenvalue weighted by molar-refractivity contribution is 0.385. The molecule has 2 nitrogen and oxygen atoms in total. The molecule has 1 atom stereocenters. The van der Waals surface area contributed by atoms with Crippen LogP contribution in [0.25, 0.3) is 0 Å². The first-order chi connectivity index (χ1) is 8.78. The molecule has 3 N–H and O–H groups in total. The molecule has 0 aliphatic heterocycles. The lowest BCUT2D eigenvalue weighted by Gasteiger charge is -2.21. The Morgan fingerprint density at radius 2 is 1.83 bits per heavy atom. The zero-order valence-electron chi connectivity index (χ0n) is 10.5. The molecular weight excluding hydrogens is 240 g/mol. The van der Waals surface area contributed by atoms with Gasteiger partial charge in [0.05, 0.1) is 6.04 Å². The lowest BCUT2D eigenvalue weighted by atomic mass is 9.96. The molecular formula is C15H18N2S. The van der Waals surface area contributed by atoms with Crippen LogP contribution >= 0.6 is 11.3 Å². The second-order valence-electron chi connectivity index (χ2n) is 5.03. The molecule has 0 spiro atoms. The number of rotatable bonds is 3. The zero-order valence-corrected chi connectivity index (χ0v) is 11.3. The number of nitrogens with one attached hydrogen (secondary N) is 1. The first-order valence-electron chi connectivity index (χ1n) is 6.37. The molecule has 0 saturated heterocycles. The van der Waals surface area contributed by atoms with Crippen molar-refractivity contribution in [3.8, 4) is 0 Å². The molecule has 1 aromatic heterocycles. The third-order valence-corrected chi connectivity index (χ3v) is 4.89. The Labute approximate surface area is 112 Å². The highest BCUT2D eigenvalue weighted by Gasteiger charge is 2.29. The number of benzene rings is 1. The van der Waals surface area contributed by atoms with Crippen LogP contribution in [0.1, 0.15) is 26.9 Å². The maximum atomic E-state index is 5.79. The van der Waals surface area contributed by atoms with E-state index in [1.54, 1.807) is 0 Å². The van der Waals surface area contributed by atoms with E-state index in [1.807, 2.05) is 11.3 Å². The van der Waals surface area contributed by atoms with Gasteiger partial charge in [0.2, 0.25) is 0 Å². The van der Waals surface area contributed by atoms with Gasteiger partial charge in [-0.05, 0) is 48.9 Å². The van der Waals surface area contributed by atoms with Crippen molar-refractivity contribution in [2.24, 2.45) is 11.8 Å². The lowest BCUT2D eigenvalue weighted by Crippen LogP contribution is -2.33. The number of nitrogens with two attached hydrogens (primary N) is 1. The Balaban J connectivity index is 1.83. The maximum Gasteiger partial charge on any atom is 0.0587 e. The summed E-state index contributed by atoms with van der Waals surface area (Å²) in [6.07, 6.45) is 2.25. The summed E-state index contributed by atoms with van der Waals surface area (Å²) in [6, 6.07) is 13.4. The van der Waals surface area contributed by atoms with Crippen LogP contribution in [0.3, 0.4) is 0 Å². The van der Waals surface area contributed by atoms with Crippen LogP contribution in [0, 0.1) is 12.8 Å². The maximum absolute atomic E-state index is 5.79. The van der Waals surface area contributed by atoms with Crippen molar-refractivity contribution in [3.05, 3.63) is 57.3 Å². The molecule has 1 unspecified atom stereocenters. The van der Waals surface area contributed by atoms with E-state index in [2.05, 4.69) is 48.7 Å². The molecule has 0 bridgehead atoms. The molecule has 18 heavy (non-hydrogen) atoms.